The van der Waals surface area contributed by atoms with Crippen LogP contribution in [0.4, 0.5) is 0 Å². The van der Waals surface area contributed by atoms with E-state index >= 15 is 0 Å². The number of hydrogen-bond donors (Lipinski definition) is 1. The molecule has 9 nitrogen and oxygen atoms in total. The maximum atomic E-state index is 10.9. The molecule has 0 aromatic carbocycles. The van der Waals surface area contributed by atoms with Gasteiger partial charge in [0.25, 0.3) is 0 Å². The van der Waals surface area contributed by atoms with E-state index in [2.05, 4.69) is 27.7 Å². The molecule has 250 valence electrons. The van der Waals surface area contributed by atoms with Gasteiger partial charge in [-0.1, -0.05) is 47.0 Å². The van der Waals surface area contributed by atoms with E-state index in [4.69, 9.17) is 38.5 Å². The minimum Gasteiger partial charge on any atom is -0.396 e. The summed E-state index contributed by atoms with van der Waals surface area (Å²) in [4.78, 5) is 25.0. The molecule has 8 heterocycles. The lowest BCUT2D eigenvalue weighted by atomic mass is 9.50. The van der Waals surface area contributed by atoms with Gasteiger partial charge in [-0.2, -0.15) is 0 Å². The van der Waals surface area contributed by atoms with Gasteiger partial charge in [0.1, 0.15) is 0 Å². The average molecular weight is 621 g/mol. The van der Waals surface area contributed by atoms with E-state index in [-0.39, 0.29) is 47.4 Å². The zero-order valence-electron chi connectivity index (χ0n) is 27.8. The third kappa shape index (κ3) is 3.97. The van der Waals surface area contributed by atoms with E-state index in [1.165, 1.54) is 12.8 Å². The Kier molecular flexibility index (Phi) is 7.26. The van der Waals surface area contributed by atoms with Gasteiger partial charge in [-0.05, 0) is 94.8 Å². The van der Waals surface area contributed by atoms with Crippen molar-refractivity contribution in [1.82, 2.24) is 0 Å². The van der Waals surface area contributed by atoms with Crippen molar-refractivity contribution in [2.45, 2.75) is 173 Å². The minimum absolute atomic E-state index is 0.0158. The molecule has 1 unspecified atom stereocenters. The van der Waals surface area contributed by atoms with Crippen molar-refractivity contribution in [2.75, 3.05) is 6.61 Å². The molecule has 10 rings (SSSR count). The molecule has 44 heavy (non-hydrogen) atoms. The second kappa shape index (κ2) is 10.3. The first-order valence-corrected chi connectivity index (χ1v) is 18.0. The lowest BCUT2D eigenvalue weighted by Crippen LogP contribution is -2.74. The summed E-state index contributed by atoms with van der Waals surface area (Å²) in [6.45, 7) is 13.4. The van der Waals surface area contributed by atoms with Gasteiger partial charge >= 0.3 is 0 Å². The molecule has 9 heteroatoms. The summed E-state index contributed by atoms with van der Waals surface area (Å²) in [5, 5.41) is 10.9. The van der Waals surface area contributed by atoms with Crippen LogP contribution in [0.2, 0.25) is 0 Å². The van der Waals surface area contributed by atoms with Gasteiger partial charge in [-0.3, -0.25) is 0 Å². The van der Waals surface area contributed by atoms with Crippen molar-refractivity contribution >= 4 is 0 Å². The highest BCUT2D eigenvalue weighted by atomic mass is 17.3. The van der Waals surface area contributed by atoms with Crippen molar-refractivity contribution in [3.05, 3.63) is 0 Å². The van der Waals surface area contributed by atoms with E-state index in [0.717, 1.165) is 70.6 Å². The van der Waals surface area contributed by atoms with Gasteiger partial charge in [-0.15, -0.1) is 0 Å². The third-order valence-electron chi connectivity index (χ3n) is 14.8. The third-order valence-corrected chi connectivity index (χ3v) is 14.8. The molecule has 10 aliphatic rings. The first-order valence-electron chi connectivity index (χ1n) is 18.0. The van der Waals surface area contributed by atoms with E-state index in [0.29, 0.717) is 11.8 Å². The second-order valence-electron chi connectivity index (χ2n) is 16.8. The molecule has 0 radical (unpaired) electrons. The van der Waals surface area contributed by atoms with Crippen LogP contribution in [0.25, 0.3) is 0 Å². The molecular formula is C35H56O9. The Morgan fingerprint density at radius 3 is 1.77 bits per heavy atom. The van der Waals surface area contributed by atoms with Crippen LogP contribution in [-0.2, 0) is 38.5 Å². The number of aliphatic hydroxyl groups is 1. The number of ether oxygens (including phenoxy) is 4. The van der Waals surface area contributed by atoms with Gasteiger partial charge < -0.3 is 24.1 Å². The number of rotatable bonds is 6. The molecule has 4 bridgehead atoms. The van der Waals surface area contributed by atoms with E-state index in [9.17, 15) is 5.11 Å². The lowest BCUT2D eigenvalue weighted by Gasteiger charge is -2.65. The number of hydrogen-bond acceptors (Lipinski definition) is 9. The fourth-order valence-electron chi connectivity index (χ4n) is 12.0. The molecule has 0 aromatic heterocycles. The highest BCUT2D eigenvalue weighted by molar-refractivity contribution is 5.16. The Labute approximate surface area is 263 Å². The summed E-state index contributed by atoms with van der Waals surface area (Å²) in [5.74, 6) is -0.378. The highest BCUT2D eigenvalue weighted by Crippen LogP contribution is 2.67. The Hall–Kier alpha value is -0.360. The largest absolute Gasteiger partial charge is 0.396 e. The van der Waals surface area contributed by atoms with Crippen LogP contribution in [0, 0.1) is 40.4 Å². The summed E-state index contributed by atoms with van der Waals surface area (Å²) in [5.41, 5.74) is -1.49. The Morgan fingerprint density at radius 2 is 1.20 bits per heavy atom. The first kappa shape index (κ1) is 30.9. The predicted octanol–water partition coefficient (Wildman–Crippen LogP) is 6.55. The predicted molar refractivity (Wildman–Crippen MR) is 158 cm³/mol. The maximum absolute atomic E-state index is 10.9. The molecule has 0 amide bonds. The maximum Gasteiger partial charge on any atom is 0.201 e. The van der Waals surface area contributed by atoms with Gasteiger partial charge in [0.05, 0.1) is 12.2 Å². The topological polar surface area (TPSA) is 94.1 Å². The number of aliphatic hydroxyl groups excluding tert-OH is 1. The Bertz CT molecular complexity index is 1120. The van der Waals surface area contributed by atoms with Crippen LogP contribution >= 0.6 is 0 Å². The van der Waals surface area contributed by atoms with Crippen LogP contribution in [0.3, 0.4) is 0 Å². The summed E-state index contributed by atoms with van der Waals surface area (Å²) in [6.07, 6.45) is 11.8. The highest BCUT2D eigenvalue weighted by Gasteiger charge is 2.75. The van der Waals surface area contributed by atoms with Crippen molar-refractivity contribution in [3.63, 3.8) is 0 Å². The monoisotopic (exact) mass is 620 g/mol. The fraction of sp³-hybridized carbons (Fsp3) is 1.00. The Morgan fingerprint density at radius 1 is 0.682 bits per heavy atom. The smallest absolute Gasteiger partial charge is 0.201 e. The second-order valence-corrected chi connectivity index (χ2v) is 16.8. The standard InChI is InChI=1S/C35H56O9/c1-7-25-27(38-29-35-24(11-9-15-31(25,35)4)13-17-33(6,40-29)42-44-35)19-22(20-36)18-26-21(2)30(3)14-8-10-23-12-16-32(5)39-28(37-26)34(23,30)43-41-32/h21-29,36H,7-20H2,1-6H3/t21-,22?,23+,24+,25-,26+,27+,28+,29+,30-,31-,32-,33-,34-,35-/m0/s1. The van der Waals surface area contributed by atoms with Gasteiger partial charge in [0.2, 0.25) is 11.6 Å². The summed E-state index contributed by atoms with van der Waals surface area (Å²) >= 11 is 0. The molecule has 10 fully saturated rings. The van der Waals surface area contributed by atoms with Gasteiger partial charge in [0, 0.05) is 30.3 Å². The summed E-state index contributed by atoms with van der Waals surface area (Å²) in [7, 11) is 0. The van der Waals surface area contributed by atoms with Crippen molar-refractivity contribution < 1.29 is 43.6 Å². The molecular weight excluding hydrogens is 564 g/mol. The fourth-order valence-corrected chi connectivity index (χ4v) is 12.0. The molecule has 2 saturated carbocycles. The molecule has 2 aliphatic carbocycles. The van der Waals surface area contributed by atoms with E-state index in [1.54, 1.807) is 0 Å². The van der Waals surface area contributed by atoms with Crippen LogP contribution in [-0.4, -0.2) is 59.3 Å². The molecule has 0 aromatic rings. The quantitative estimate of drug-likeness (QED) is 0.332. The summed E-state index contributed by atoms with van der Waals surface area (Å²) in [6, 6.07) is 0. The van der Waals surface area contributed by atoms with E-state index < -0.39 is 35.4 Å². The van der Waals surface area contributed by atoms with Gasteiger partial charge in [0.15, 0.2) is 23.8 Å². The SMILES string of the molecule is CC[C@H]1[C@@H](CC(CO)C[C@H]2O[C@@H]3O[C@]4(C)CC[C@H]5CCC[C@@](C)([C@H]2C)[C@]53OO4)O[C@@H]2O[C@]3(C)CC[C@H]4CCC[C@]1(C)[C@]42OO3. The van der Waals surface area contributed by atoms with Crippen LogP contribution in [0.1, 0.15) is 125 Å². The Balaban J connectivity index is 1.06. The summed E-state index contributed by atoms with van der Waals surface area (Å²) < 4.78 is 27.3. The van der Waals surface area contributed by atoms with Crippen molar-refractivity contribution in [1.29, 1.82) is 0 Å². The zero-order chi connectivity index (χ0) is 30.8. The zero-order valence-corrected chi connectivity index (χ0v) is 27.8. The normalized spacial score (nSPS) is 58.4. The number of fused-ring (bicyclic) bond motifs is 4. The first-order chi connectivity index (χ1) is 21.0. The van der Waals surface area contributed by atoms with Crippen molar-refractivity contribution in [2.24, 2.45) is 40.4 Å². The van der Waals surface area contributed by atoms with Crippen LogP contribution < -0.4 is 0 Å². The van der Waals surface area contributed by atoms with E-state index in [1.807, 2.05) is 13.8 Å². The van der Waals surface area contributed by atoms with Crippen molar-refractivity contribution in [3.8, 4) is 0 Å². The average Bonchev–Trinajstić information content (AvgIpc) is 3.36. The lowest BCUT2D eigenvalue weighted by molar-refractivity contribution is -0.580. The molecule has 2 spiro atoms. The minimum atomic E-state index is -0.788. The molecule has 8 saturated heterocycles. The molecule has 15 atom stereocenters. The van der Waals surface area contributed by atoms with Gasteiger partial charge in [-0.25, -0.2) is 19.6 Å². The molecule has 1 N–H and O–H groups in total. The van der Waals surface area contributed by atoms with Crippen LogP contribution in [0.5, 0.6) is 0 Å². The molecule has 8 aliphatic heterocycles. The van der Waals surface area contributed by atoms with Crippen LogP contribution in [0.15, 0.2) is 0 Å².